The van der Waals surface area contributed by atoms with Gasteiger partial charge in [-0.1, -0.05) is 0 Å². The van der Waals surface area contributed by atoms with E-state index in [1.807, 2.05) is 0 Å². The fourth-order valence-electron chi connectivity index (χ4n) is 0.502. The van der Waals surface area contributed by atoms with Gasteiger partial charge in [0, 0.05) is 11.8 Å². The van der Waals surface area contributed by atoms with Gasteiger partial charge in [0.05, 0.1) is 18.3 Å². The second kappa shape index (κ2) is 2.64. The third-order valence-electron chi connectivity index (χ3n) is 0.919. The summed E-state index contributed by atoms with van der Waals surface area (Å²) < 4.78 is 1.27. The fourth-order valence-corrected chi connectivity index (χ4v) is 0.656. The summed E-state index contributed by atoms with van der Waals surface area (Å²) in [6.45, 7) is 0. The minimum Gasteiger partial charge on any atom is -0.290 e. The first-order valence-electron chi connectivity index (χ1n) is 2.37. The van der Waals surface area contributed by atoms with Crippen LogP contribution in [0.5, 0.6) is 0 Å². The van der Waals surface area contributed by atoms with E-state index in [0.29, 0.717) is 5.69 Å². The lowest BCUT2D eigenvalue weighted by atomic mass is 10.4. The average Bonchev–Trinajstić information content (AvgIpc) is 2.18. The molecule has 3 nitrogen and oxygen atoms in total. The number of hydrogen-bond acceptors (Lipinski definition) is 2. The van der Waals surface area contributed by atoms with Crippen LogP contribution in [0.2, 0.25) is 0 Å². The topological polar surface area (TPSA) is 34.9 Å². The Hall–Kier alpha value is -0.830. The Kier molecular flexibility index (Phi) is 1.85. The van der Waals surface area contributed by atoms with Crippen molar-refractivity contribution in [3.63, 3.8) is 0 Å². The van der Waals surface area contributed by atoms with Gasteiger partial charge in [-0.15, -0.1) is 0 Å². The maximum absolute atomic E-state index is 9.80. The molecule has 0 saturated heterocycles. The van der Waals surface area contributed by atoms with Crippen molar-refractivity contribution in [2.24, 2.45) is 0 Å². The molecule has 0 atom stereocenters. The number of hydrogen-bond donors (Lipinski definition) is 0. The van der Waals surface area contributed by atoms with Gasteiger partial charge in [-0.3, -0.25) is 4.79 Å². The van der Waals surface area contributed by atoms with Crippen LogP contribution in [0.4, 0.5) is 0 Å². The minimum atomic E-state index is 0.198. The van der Waals surface area contributed by atoms with E-state index in [-0.39, 0.29) is 6.42 Å². The number of rotatable bonds is 2. The largest absolute Gasteiger partial charge is 0.290 e. The molecule has 0 aromatic carbocycles. The predicted molar refractivity (Wildman–Crippen MR) is 32.9 cm³/mol. The summed E-state index contributed by atoms with van der Waals surface area (Å²) in [5.74, 6) is 0. The van der Waals surface area contributed by atoms with E-state index >= 15 is 0 Å². The normalized spacial score (nSPS) is 9.44. The molecule has 0 aliphatic heterocycles. The zero-order chi connectivity index (χ0) is 6.69. The maximum Gasteiger partial charge on any atom is 0.204 e. The highest BCUT2D eigenvalue weighted by Crippen LogP contribution is 1.99. The third kappa shape index (κ3) is 1.29. The first kappa shape index (κ1) is 6.29. The van der Waals surface area contributed by atoms with Crippen LogP contribution in [0, 0.1) is 0 Å². The van der Waals surface area contributed by atoms with Gasteiger partial charge in [0.2, 0.25) is 6.29 Å². The number of nitrogens with zero attached hydrogens (tertiary/aromatic N) is 2. The molecule has 1 aromatic heterocycles. The highest BCUT2D eigenvalue weighted by molar-refractivity contribution is 6.15. The lowest BCUT2D eigenvalue weighted by Crippen LogP contribution is -1.89. The van der Waals surface area contributed by atoms with Gasteiger partial charge < -0.3 is 0 Å². The SMILES string of the molecule is O=[C]Cc1cncn1Cl. The third-order valence-corrected chi connectivity index (χ3v) is 1.22. The molecule has 1 rings (SSSR count). The Balaban J connectivity index is 2.80. The number of carbonyl (C=O) groups excluding carboxylic acids is 1. The van der Waals surface area contributed by atoms with E-state index in [9.17, 15) is 4.79 Å². The Morgan fingerprint density at radius 2 is 2.67 bits per heavy atom. The molecule has 1 heterocycles. The lowest BCUT2D eigenvalue weighted by molar-refractivity contribution is 0.554. The van der Waals surface area contributed by atoms with Crippen molar-refractivity contribution < 1.29 is 4.79 Å². The van der Waals surface area contributed by atoms with Crippen LogP contribution in [0.1, 0.15) is 5.69 Å². The summed E-state index contributed by atoms with van der Waals surface area (Å²) in [5, 5.41) is 0. The quantitative estimate of drug-likeness (QED) is 0.606. The van der Waals surface area contributed by atoms with E-state index in [0.717, 1.165) is 0 Å². The van der Waals surface area contributed by atoms with Crippen molar-refractivity contribution in [3.05, 3.63) is 18.2 Å². The van der Waals surface area contributed by atoms with Gasteiger partial charge in [0.15, 0.2) is 0 Å². The molecule has 1 radical (unpaired) electrons. The zero-order valence-electron chi connectivity index (χ0n) is 4.54. The number of halogens is 1. The van der Waals surface area contributed by atoms with Crippen molar-refractivity contribution >= 4 is 18.1 Å². The molecular weight excluding hydrogens is 140 g/mol. The predicted octanol–water partition coefficient (Wildman–Crippen LogP) is 0.537. The number of imidazole rings is 1. The molecule has 1 aromatic rings. The molecule has 0 fully saturated rings. The number of aromatic nitrogens is 2. The van der Waals surface area contributed by atoms with Gasteiger partial charge in [-0.2, -0.15) is 0 Å². The molecule has 4 heteroatoms. The Labute approximate surface area is 57.4 Å². The summed E-state index contributed by atoms with van der Waals surface area (Å²) in [6, 6.07) is 0. The molecule has 0 unspecified atom stereocenters. The monoisotopic (exact) mass is 143 g/mol. The fraction of sp³-hybridized carbons (Fsp3) is 0.200. The molecule has 0 saturated carbocycles. The minimum absolute atomic E-state index is 0.198. The molecule has 9 heavy (non-hydrogen) atoms. The second-order valence-corrected chi connectivity index (χ2v) is 1.88. The van der Waals surface area contributed by atoms with Crippen molar-refractivity contribution in [2.45, 2.75) is 6.42 Å². The molecular formula is C5H4ClN2O. The van der Waals surface area contributed by atoms with Gasteiger partial charge in [-0.25, -0.2) is 9.07 Å². The van der Waals surface area contributed by atoms with Gasteiger partial charge in [0.1, 0.15) is 6.33 Å². The molecule has 0 N–H and O–H groups in total. The molecule has 0 spiro atoms. The van der Waals surface area contributed by atoms with Crippen LogP contribution in [-0.4, -0.2) is 15.4 Å². The summed E-state index contributed by atoms with van der Waals surface area (Å²) in [4.78, 5) is 13.5. The molecule has 0 bridgehead atoms. The van der Waals surface area contributed by atoms with Crippen LogP contribution >= 0.6 is 11.8 Å². The summed E-state index contributed by atoms with van der Waals surface area (Å²) in [5.41, 5.74) is 0.659. The first-order chi connectivity index (χ1) is 4.34. The first-order valence-corrected chi connectivity index (χ1v) is 2.71. The van der Waals surface area contributed by atoms with Gasteiger partial charge in [0.25, 0.3) is 0 Å². The molecule has 47 valence electrons. The van der Waals surface area contributed by atoms with Crippen molar-refractivity contribution in [3.8, 4) is 0 Å². The summed E-state index contributed by atoms with van der Waals surface area (Å²) in [6.07, 6.45) is 4.86. The van der Waals surface area contributed by atoms with Crippen molar-refractivity contribution in [1.82, 2.24) is 9.07 Å². The van der Waals surface area contributed by atoms with Gasteiger partial charge >= 0.3 is 0 Å². The average molecular weight is 144 g/mol. The maximum atomic E-state index is 9.80. The highest BCUT2D eigenvalue weighted by atomic mass is 35.5. The Bertz CT molecular complexity index is 208. The van der Waals surface area contributed by atoms with Crippen LogP contribution in [-0.2, 0) is 11.2 Å². The Morgan fingerprint density at radius 3 is 3.11 bits per heavy atom. The van der Waals surface area contributed by atoms with E-state index in [4.69, 9.17) is 11.8 Å². The molecule has 0 aliphatic rings. The highest BCUT2D eigenvalue weighted by Gasteiger charge is 1.96. The van der Waals surface area contributed by atoms with Crippen LogP contribution in [0.15, 0.2) is 12.5 Å². The standard InChI is InChI=1S/C5H4ClN2O/c6-8-4-7-3-5(8)1-2-9/h3-4H,1H2. The van der Waals surface area contributed by atoms with Crippen LogP contribution in [0.3, 0.4) is 0 Å². The Morgan fingerprint density at radius 1 is 1.89 bits per heavy atom. The van der Waals surface area contributed by atoms with Crippen LogP contribution in [0.25, 0.3) is 0 Å². The van der Waals surface area contributed by atoms with E-state index in [1.54, 1.807) is 6.29 Å². The van der Waals surface area contributed by atoms with E-state index < -0.39 is 0 Å². The summed E-state index contributed by atoms with van der Waals surface area (Å²) >= 11 is 5.49. The molecule has 0 amide bonds. The van der Waals surface area contributed by atoms with Gasteiger partial charge in [-0.05, 0) is 0 Å². The smallest absolute Gasteiger partial charge is 0.204 e. The second-order valence-electron chi connectivity index (χ2n) is 1.52. The van der Waals surface area contributed by atoms with Crippen molar-refractivity contribution in [2.75, 3.05) is 0 Å². The lowest BCUT2D eigenvalue weighted by Gasteiger charge is -1.88. The van der Waals surface area contributed by atoms with Crippen LogP contribution < -0.4 is 0 Å². The summed E-state index contributed by atoms with van der Waals surface area (Å²) in [7, 11) is 0. The van der Waals surface area contributed by atoms with Crippen molar-refractivity contribution in [1.29, 1.82) is 0 Å². The zero-order valence-corrected chi connectivity index (χ0v) is 5.30. The molecule has 0 aliphatic carbocycles. The van der Waals surface area contributed by atoms with E-state index in [1.165, 1.54) is 16.6 Å². The van der Waals surface area contributed by atoms with E-state index in [2.05, 4.69) is 4.98 Å².